The van der Waals surface area contributed by atoms with E-state index in [2.05, 4.69) is 4.98 Å². The highest BCUT2D eigenvalue weighted by molar-refractivity contribution is 7.98. The number of aromatic nitrogens is 1. The van der Waals surface area contributed by atoms with Crippen LogP contribution in [0.2, 0.25) is 0 Å². The molecule has 1 aromatic carbocycles. The average Bonchev–Trinajstić information content (AvgIpc) is 2.58. The maximum Gasteiger partial charge on any atom is 0.130 e. The van der Waals surface area contributed by atoms with Crippen molar-refractivity contribution in [1.29, 1.82) is 10.5 Å². The van der Waals surface area contributed by atoms with E-state index in [4.69, 9.17) is 15.3 Å². The Hall–Kier alpha value is -2.76. The lowest BCUT2D eigenvalue weighted by molar-refractivity contribution is 0.411. The minimum atomic E-state index is 0.0773. The molecule has 1 heterocycles. The predicted molar refractivity (Wildman–Crippen MR) is 86.0 cm³/mol. The molecule has 0 bridgehead atoms. The standard InChI is InChI=1S/C17H13N3OS/c1-21-16-6-5-13(8-14(10-18)11-19)9-15(16)12-22-17-4-2-3-7-20-17/h2-9H,12H2,1H3. The van der Waals surface area contributed by atoms with Gasteiger partial charge in [0.15, 0.2) is 0 Å². The Morgan fingerprint density at radius 1 is 1.27 bits per heavy atom. The topological polar surface area (TPSA) is 69.7 Å². The van der Waals surface area contributed by atoms with Crippen LogP contribution in [0.5, 0.6) is 5.75 Å². The summed E-state index contributed by atoms with van der Waals surface area (Å²) in [4.78, 5) is 4.27. The number of thioether (sulfide) groups is 1. The number of allylic oxidation sites excluding steroid dienone is 1. The first kappa shape index (κ1) is 15.6. The molecule has 2 rings (SSSR count). The lowest BCUT2D eigenvalue weighted by atomic mass is 10.1. The molecule has 0 saturated carbocycles. The average molecular weight is 307 g/mol. The molecule has 0 aliphatic heterocycles. The second-order valence-electron chi connectivity index (χ2n) is 4.31. The molecular weight excluding hydrogens is 294 g/mol. The molecule has 0 saturated heterocycles. The number of hydrogen-bond acceptors (Lipinski definition) is 5. The first-order valence-corrected chi connectivity index (χ1v) is 7.48. The van der Waals surface area contributed by atoms with Gasteiger partial charge >= 0.3 is 0 Å². The first-order valence-electron chi connectivity index (χ1n) is 6.49. The molecule has 0 N–H and O–H groups in total. The Balaban J connectivity index is 2.24. The minimum Gasteiger partial charge on any atom is -0.496 e. The van der Waals surface area contributed by atoms with Crippen molar-refractivity contribution in [3.8, 4) is 17.9 Å². The molecule has 0 amide bonds. The fourth-order valence-corrected chi connectivity index (χ4v) is 2.68. The number of methoxy groups -OCH3 is 1. The fourth-order valence-electron chi connectivity index (χ4n) is 1.84. The van der Waals surface area contributed by atoms with Crippen molar-refractivity contribution in [2.75, 3.05) is 7.11 Å². The van der Waals surface area contributed by atoms with Crippen LogP contribution >= 0.6 is 11.8 Å². The second-order valence-corrected chi connectivity index (χ2v) is 5.31. The Bertz CT molecular complexity index is 742. The highest BCUT2D eigenvalue weighted by Gasteiger charge is 2.06. The summed E-state index contributed by atoms with van der Waals surface area (Å²) >= 11 is 1.60. The molecule has 0 aliphatic carbocycles. The summed E-state index contributed by atoms with van der Waals surface area (Å²) < 4.78 is 5.36. The van der Waals surface area contributed by atoms with Crippen molar-refractivity contribution in [3.63, 3.8) is 0 Å². The molecule has 0 spiro atoms. The number of nitrogens with zero attached hydrogens (tertiary/aromatic N) is 3. The molecule has 0 fully saturated rings. The van der Waals surface area contributed by atoms with Crippen LogP contribution in [-0.2, 0) is 5.75 Å². The van der Waals surface area contributed by atoms with E-state index >= 15 is 0 Å². The quantitative estimate of drug-likeness (QED) is 0.620. The molecular formula is C17H13N3OS. The second kappa shape index (κ2) is 7.87. The van der Waals surface area contributed by atoms with E-state index in [0.29, 0.717) is 5.75 Å². The van der Waals surface area contributed by atoms with Crippen molar-refractivity contribution >= 4 is 17.8 Å². The van der Waals surface area contributed by atoms with E-state index in [0.717, 1.165) is 21.9 Å². The first-order chi connectivity index (χ1) is 10.8. The minimum absolute atomic E-state index is 0.0773. The fraction of sp³-hybridized carbons (Fsp3) is 0.118. The van der Waals surface area contributed by atoms with Crippen LogP contribution < -0.4 is 4.74 Å². The number of rotatable bonds is 5. The Morgan fingerprint density at radius 2 is 2.09 bits per heavy atom. The van der Waals surface area contributed by atoms with Gasteiger partial charge in [0, 0.05) is 17.5 Å². The summed E-state index contributed by atoms with van der Waals surface area (Å²) in [6, 6.07) is 15.1. The van der Waals surface area contributed by atoms with Gasteiger partial charge in [0.25, 0.3) is 0 Å². The van der Waals surface area contributed by atoms with Crippen molar-refractivity contribution in [2.45, 2.75) is 10.8 Å². The van der Waals surface area contributed by atoms with Gasteiger partial charge < -0.3 is 4.74 Å². The highest BCUT2D eigenvalue weighted by Crippen LogP contribution is 2.28. The summed E-state index contributed by atoms with van der Waals surface area (Å²) in [6.07, 6.45) is 3.32. The van der Waals surface area contributed by atoms with E-state index in [1.807, 2.05) is 48.5 Å². The maximum absolute atomic E-state index is 8.83. The van der Waals surface area contributed by atoms with Gasteiger partial charge in [-0.25, -0.2) is 4.98 Å². The van der Waals surface area contributed by atoms with Gasteiger partial charge in [0.05, 0.1) is 12.1 Å². The van der Waals surface area contributed by atoms with Gasteiger partial charge in [-0.1, -0.05) is 12.1 Å². The predicted octanol–water partition coefficient (Wildman–Crippen LogP) is 3.81. The monoisotopic (exact) mass is 307 g/mol. The normalized spacial score (nSPS) is 9.41. The molecule has 1 aromatic heterocycles. The van der Waals surface area contributed by atoms with Crippen molar-refractivity contribution in [2.24, 2.45) is 0 Å². The highest BCUT2D eigenvalue weighted by atomic mass is 32.2. The Labute approximate surface area is 133 Å². The number of benzene rings is 1. The zero-order chi connectivity index (χ0) is 15.8. The molecule has 4 nitrogen and oxygen atoms in total. The third-order valence-corrected chi connectivity index (χ3v) is 3.86. The largest absolute Gasteiger partial charge is 0.496 e. The zero-order valence-electron chi connectivity index (χ0n) is 12.0. The number of pyridine rings is 1. The van der Waals surface area contributed by atoms with Gasteiger partial charge in [-0.2, -0.15) is 10.5 Å². The Morgan fingerprint density at radius 3 is 2.73 bits per heavy atom. The molecule has 22 heavy (non-hydrogen) atoms. The van der Waals surface area contributed by atoms with Crippen LogP contribution in [0.1, 0.15) is 11.1 Å². The van der Waals surface area contributed by atoms with Gasteiger partial charge in [0.2, 0.25) is 0 Å². The van der Waals surface area contributed by atoms with Crippen LogP contribution in [0.3, 0.4) is 0 Å². The van der Waals surface area contributed by atoms with Crippen molar-refractivity contribution in [1.82, 2.24) is 4.98 Å². The number of nitriles is 2. The van der Waals surface area contributed by atoms with E-state index in [9.17, 15) is 0 Å². The van der Waals surface area contributed by atoms with Crippen LogP contribution in [0.25, 0.3) is 6.08 Å². The molecule has 0 atom stereocenters. The molecule has 2 aromatic rings. The van der Waals surface area contributed by atoms with Crippen LogP contribution in [-0.4, -0.2) is 12.1 Å². The summed E-state index contributed by atoms with van der Waals surface area (Å²) in [6.45, 7) is 0. The van der Waals surface area contributed by atoms with Crippen LogP contribution in [0.15, 0.2) is 53.2 Å². The number of ether oxygens (including phenoxy) is 1. The van der Waals surface area contributed by atoms with E-state index in [1.165, 1.54) is 0 Å². The molecule has 108 valence electrons. The summed E-state index contributed by atoms with van der Waals surface area (Å²) in [5.41, 5.74) is 1.87. The van der Waals surface area contributed by atoms with Crippen molar-refractivity contribution in [3.05, 3.63) is 59.3 Å². The lowest BCUT2D eigenvalue weighted by Gasteiger charge is -2.09. The molecule has 0 aliphatic rings. The lowest BCUT2D eigenvalue weighted by Crippen LogP contribution is -1.92. The zero-order valence-corrected chi connectivity index (χ0v) is 12.8. The smallest absolute Gasteiger partial charge is 0.130 e. The van der Waals surface area contributed by atoms with Gasteiger partial charge in [-0.05, 0) is 35.9 Å². The number of hydrogen-bond donors (Lipinski definition) is 0. The van der Waals surface area contributed by atoms with E-state index < -0.39 is 0 Å². The third kappa shape index (κ3) is 4.12. The van der Waals surface area contributed by atoms with Gasteiger partial charge in [-0.3, -0.25) is 0 Å². The SMILES string of the molecule is COc1ccc(C=C(C#N)C#N)cc1CSc1ccccn1. The third-order valence-electron chi connectivity index (χ3n) is 2.87. The summed E-state index contributed by atoms with van der Waals surface area (Å²) in [5, 5.41) is 18.6. The van der Waals surface area contributed by atoms with E-state index in [-0.39, 0.29) is 5.57 Å². The van der Waals surface area contributed by atoms with Crippen LogP contribution in [0.4, 0.5) is 0 Å². The Kier molecular flexibility index (Phi) is 5.59. The van der Waals surface area contributed by atoms with E-state index in [1.54, 1.807) is 31.1 Å². The van der Waals surface area contributed by atoms with Gasteiger partial charge in [0.1, 0.15) is 23.5 Å². The molecule has 0 unspecified atom stereocenters. The van der Waals surface area contributed by atoms with Gasteiger partial charge in [-0.15, -0.1) is 11.8 Å². The molecule has 5 heteroatoms. The molecule has 0 radical (unpaired) electrons. The van der Waals surface area contributed by atoms with Crippen molar-refractivity contribution < 1.29 is 4.74 Å². The van der Waals surface area contributed by atoms with Crippen LogP contribution in [0, 0.1) is 22.7 Å². The summed E-state index contributed by atoms with van der Waals surface area (Å²) in [5.74, 6) is 1.46. The maximum atomic E-state index is 8.83. The summed E-state index contributed by atoms with van der Waals surface area (Å²) in [7, 11) is 1.62.